The first-order chi connectivity index (χ1) is 17.7. The van der Waals surface area contributed by atoms with E-state index in [2.05, 4.69) is 10.3 Å². The van der Waals surface area contributed by atoms with E-state index in [4.69, 9.17) is 9.47 Å². The number of aromatic nitrogens is 1. The summed E-state index contributed by atoms with van der Waals surface area (Å²) >= 11 is 0. The van der Waals surface area contributed by atoms with Gasteiger partial charge >= 0.3 is 12.1 Å². The van der Waals surface area contributed by atoms with Gasteiger partial charge in [-0.15, -0.1) is 0 Å². The maximum Gasteiger partial charge on any atom is 0.432 e. The van der Waals surface area contributed by atoms with Crippen LogP contribution >= 0.6 is 0 Å². The molecule has 1 aliphatic rings. The fourth-order valence-corrected chi connectivity index (χ4v) is 5.38. The predicted molar refractivity (Wildman–Crippen MR) is 134 cm³/mol. The van der Waals surface area contributed by atoms with Gasteiger partial charge in [0.25, 0.3) is 5.60 Å². The molecule has 2 heterocycles. The number of hydrogen-bond donors (Lipinski definition) is 2. The number of para-hydroxylation sites is 1. The summed E-state index contributed by atoms with van der Waals surface area (Å²) in [5.74, 6) is -1.50. The SMILES string of the molecule is CO[C@@](C(=O)OC[C@H]1Cc2c([nH]c3ccccc23)[C@](C)(c2ccccc2)N1)(c1ccccc1)C(F)(F)F. The number of nitrogens with one attached hydrogen (secondary N) is 2. The number of methoxy groups -OCH3 is 1. The summed E-state index contributed by atoms with van der Waals surface area (Å²) in [5, 5.41) is 4.57. The van der Waals surface area contributed by atoms with E-state index >= 15 is 0 Å². The third-order valence-electron chi connectivity index (χ3n) is 7.20. The Hall–Kier alpha value is -3.62. The van der Waals surface area contributed by atoms with Gasteiger partial charge in [-0.05, 0) is 30.5 Å². The highest BCUT2D eigenvalue weighted by Crippen LogP contribution is 2.43. The molecule has 0 saturated heterocycles. The Labute approximate surface area is 212 Å². The van der Waals surface area contributed by atoms with Gasteiger partial charge in [0.1, 0.15) is 6.61 Å². The molecule has 3 atom stereocenters. The van der Waals surface area contributed by atoms with Crippen LogP contribution in [0.5, 0.6) is 0 Å². The van der Waals surface area contributed by atoms with Crippen molar-refractivity contribution in [3.05, 3.63) is 107 Å². The normalized spacial score (nSPS) is 21.3. The number of hydrogen-bond acceptors (Lipinski definition) is 4. The second kappa shape index (κ2) is 9.36. The topological polar surface area (TPSA) is 63.4 Å². The minimum atomic E-state index is -5.03. The average Bonchev–Trinajstić information content (AvgIpc) is 3.28. The number of ether oxygens (including phenoxy) is 2. The summed E-state index contributed by atoms with van der Waals surface area (Å²) in [7, 11) is 0.866. The lowest BCUT2D eigenvalue weighted by atomic mass is 9.80. The fraction of sp³-hybridized carbons (Fsp3) is 0.276. The Morgan fingerprint density at radius 2 is 1.59 bits per heavy atom. The van der Waals surface area contributed by atoms with Gasteiger partial charge in [0, 0.05) is 35.3 Å². The lowest BCUT2D eigenvalue weighted by Gasteiger charge is -2.40. The van der Waals surface area contributed by atoms with Gasteiger partial charge in [-0.3, -0.25) is 5.32 Å². The second-order valence-electron chi connectivity index (χ2n) is 9.41. The maximum atomic E-state index is 14.3. The van der Waals surface area contributed by atoms with E-state index in [1.54, 1.807) is 6.07 Å². The number of halogens is 3. The minimum absolute atomic E-state index is 0.270. The van der Waals surface area contributed by atoms with E-state index in [9.17, 15) is 18.0 Å². The predicted octanol–water partition coefficient (Wildman–Crippen LogP) is 5.59. The highest BCUT2D eigenvalue weighted by molar-refractivity contribution is 5.86. The molecule has 1 aromatic heterocycles. The van der Waals surface area contributed by atoms with Gasteiger partial charge in [0.05, 0.1) is 5.54 Å². The van der Waals surface area contributed by atoms with Crippen molar-refractivity contribution in [3.63, 3.8) is 0 Å². The smallest absolute Gasteiger partial charge is 0.432 e. The molecule has 8 heteroatoms. The van der Waals surface area contributed by atoms with E-state index in [1.807, 2.05) is 61.5 Å². The molecule has 1 aliphatic heterocycles. The van der Waals surface area contributed by atoms with Crippen LogP contribution in [0.25, 0.3) is 10.9 Å². The van der Waals surface area contributed by atoms with Crippen LogP contribution in [-0.4, -0.2) is 36.9 Å². The van der Waals surface area contributed by atoms with E-state index < -0.39 is 29.3 Å². The molecule has 0 unspecified atom stereocenters. The van der Waals surface area contributed by atoms with Crippen LogP contribution < -0.4 is 5.32 Å². The summed E-state index contributed by atoms with van der Waals surface area (Å²) in [4.78, 5) is 16.7. The monoisotopic (exact) mass is 508 g/mol. The van der Waals surface area contributed by atoms with E-state index in [1.165, 1.54) is 24.3 Å². The number of H-pyrrole nitrogens is 1. The summed E-state index contributed by atoms with van der Waals surface area (Å²) in [5.41, 5.74) is -0.283. The zero-order valence-electron chi connectivity index (χ0n) is 20.4. The van der Waals surface area contributed by atoms with E-state index in [0.29, 0.717) is 6.42 Å². The number of alkyl halides is 3. The standard InChI is InChI=1S/C29H27F3N2O3/c1-27(19-11-5-3-6-12-19)25-23(22-15-9-10-16-24(22)33-25)17-21(34-27)18-37-26(35)28(36-2,29(30,31)32)20-13-7-4-8-14-20/h3-16,21,33-34H,17-18H2,1-2H3/t21-,27+,28-/m1/s1. The molecule has 0 aliphatic carbocycles. The molecule has 5 rings (SSSR count). The van der Waals surface area contributed by atoms with Crippen molar-refractivity contribution in [3.8, 4) is 0 Å². The van der Waals surface area contributed by atoms with Crippen molar-refractivity contribution in [2.75, 3.05) is 13.7 Å². The molecule has 0 saturated carbocycles. The second-order valence-corrected chi connectivity index (χ2v) is 9.41. The van der Waals surface area contributed by atoms with Crippen LogP contribution in [0.1, 0.15) is 29.3 Å². The zero-order valence-corrected chi connectivity index (χ0v) is 20.4. The van der Waals surface area contributed by atoms with E-state index in [-0.39, 0.29) is 12.2 Å². The zero-order chi connectivity index (χ0) is 26.3. The van der Waals surface area contributed by atoms with Crippen molar-refractivity contribution in [1.29, 1.82) is 0 Å². The molecule has 0 radical (unpaired) electrons. The van der Waals surface area contributed by atoms with Crippen molar-refractivity contribution >= 4 is 16.9 Å². The molecular formula is C29H27F3N2O3. The largest absolute Gasteiger partial charge is 0.461 e. The lowest BCUT2D eigenvalue weighted by molar-refractivity contribution is -0.276. The van der Waals surface area contributed by atoms with Gasteiger partial charge in [-0.1, -0.05) is 78.9 Å². The molecule has 5 nitrogen and oxygen atoms in total. The number of carbonyl (C=O) groups excluding carboxylic acids is 1. The van der Waals surface area contributed by atoms with E-state index in [0.717, 1.165) is 34.8 Å². The van der Waals surface area contributed by atoms with Crippen molar-refractivity contribution in [2.45, 2.75) is 36.7 Å². The number of fused-ring (bicyclic) bond motifs is 3. The Balaban J connectivity index is 1.49. The molecule has 2 N–H and O–H groups in total. The van der Waals surface area contributed by atoms with Gasteiger partial charge in [0.15, 0.2) is 0 Å². The van der Waals surface area contributed by atoms with Crippen molar-refractivity contribution in [2.24, 2.45) is 0 Å². The highest BCUT2D eigenvalue weighted by Gasteiger charge is 2.64. The highest BCUT2D eigenvalue weighted by atomic mass is 19.4. The molecule has 4 aromatic rings. The number of carbonyl (C=O) groups is 1. The lowest BCUT2D eigenvalue weighted by Crippen LogP contribution is -2.55. The summed E-state index contributed by atoms with van der Waals surface area (Å²) in [6.45, 7) is 1.75. The van der Waals surface area contributed by atoms with Crippen LogP contribution in [0.15, 0.2) is 84.9 Å². The van der Waals surface area contributed by atoms with Crippen LogP contribution in [0.4, 0.5) is 13.2 Å². The molecule has 0 bridgehead atoms. The van der Waals surface area contributed by atoms with Crippen LogP contribution in [0.2, 0.25) is 0 Å². The molecule has 3 aromatic carbocycles. The quantitative estimate of drug-likeness (QED) is 0.333. The Kier molecular flexibility index (Phi) is 6.33. The number of aromatic amines is 1. The van der Waals surface area contributed by atoms with Crippen molar-refractivity contribution in [1.82, 2.24) is 10.3 Å². The maximum absolute atomic E-state index is 14.3. The molecule has 37 heavy (non-hydrogen) atoms. The van der Waals surface area contributed by atoms with Crippen LogP contribution in [0, 0.1) is 0 Å². The first-order valence-corrected chi connectivity index (χ1v) is 12.0. The van der Waals surface area contributed by atoms with Gasteiger partial charge in [0.2, 0.25) is 0 Å². The first kappa shape index (κ1) is 25.0. The first-order valence-electron chi connectivity index (χ1n) is 12.0. The molecule has 0 amide bonds. The number of esters is 1. The molecule has 0 spiro atoms. The minimum Gasteiger partial charge on any atom is -0.461 e. The van der Waals surface area contributed by atoms with Crippen LogP contribution in [0.3, 0.4) is 0 Å². The third kappa shape index (κ3) is 4.10. The van der Waals surface area contributed by atoms with Gasteiger partial charge in [-0.2, -0.15) is 13.2 Å². The molecule has 0 fully saturated rings. The average molecular weight is 509 g/mol. The van der Waals surface area contributed by atoms with Crippen LogP contribution in [-0.2, 0) is 31.8 Å². The number of benzene rings is 3. The molecular weight excluding hydrogens is 481 g/mol. The summed E-state index contributed by atoms with van der Waals surface area (Å²) in [6.07, 6.45) is -4.56. The summed E-state index contributed by atoms with van der Waals surface area (Å²) in [6, 6.07) is 24.1. The Bertz CT molecular complexity index is 1400. The molecule has 192 valence electrons. The van der Waals surface area contributed by atoms with Gasteiger partial charge < -0.3 is 14.5 Å². The van der Waals surface area contributed by atoms with Crippen molar-refractivity contribution < 1.29 is 27.4 Å². The summed E-state index contributed by atoms with van der Waals surface area (Å²) < 4.78 is 53.2. The Morgan fingerprint density at radius 1 is 0.973 bits per heavy atom. The fourth-order valence-electron chi connectivity index (χ4n) is 5.38. The third-order valence-corrected chi connectivity index (χ3v) is 7.20. The Morgan fingerprint density at radius 3 is 2.24 bits per heavy atom. The van der Waals surface area contributed by atoms with Gasteiger partial charge in [-0.25, -0.2) is 4.79 Å². The number of rotatable bonds is 6.